The molecule has 2 aromatic carbocycles. The van der Waals surface area contributed by atoms with Gasteiger partial charge in [-0.1, -0.05) is 48.9 Å². The maximum absolute atomic E-state index is 12.2. The van der Waals surface area contributed by atoms with Gasteiger partial charge in [-0.2, -0.15) is 0 Å². The summed E-state index contributed by atoms with van der Waals surface area (Å²) >= 11 is 0. The lowest BCUT2D eigenvalue weighted by atomic mass is 9.94. The van der Waals surface area contributed by atoms with Gasteiger partial charge in [0.05, 0.1) is 5.92 Å². The predicted molar refractivity (Wildman–Crippen MR) is 86.8 cm³/mol. The van der Waals surface area contributed by atoms with Crippen molar-refractivity contribution in [3.8, 4) is 5.75 Å². The zero-order chi connectivity index (χ0) is 15.2. The minimum atomic E-state index is -0.0530. The fraction of sp³-hybridized carbons (Fsp3) is 0.316. The van der Waals surface area contributed by atoms with Crippen LogP contribution in [0.25, 0.3) is 0 Å². The highest BCUT2D eigenvalue weighted by Crippen LogP contribution is 2.27. The van der Waals surface area contributed by atoms with Crippen LogP contribution in [0, 0.1) is 0 Å². The van der Waals surface area contributed by atoms with Crippen LogP contribution in [-0.4, -0.2) is 12.5 Å². The van der Waals surface area contributed by atoms with Crippen LogP contribution in [0.1, 0.15) is 36.3 Å². The van der Waals surface area contributed by atoms with Crippen molar-refractivity contribution in [2.24, 2.45) is 0 Å². The first-order chi connectivity index (χ1) is 10.8. The molecular weight excluding hydrogens is 274 g/mol. The third-order valence-electron chi connectivity index (χ3n) is 4.04. The standard InChI is InChI=1S/C19H21NO2/c21-19-18(11-4-5-12-20-19)16-9-6-10-17(13-16)22-14-15-7-2-1-3-8-15/h1-3,6-10,13,18H,4-5,11-12,14H2,(H,20,21)/t18-/m0/s1. The lowest BCUT2D eigenvalue weighted by Crippen LogP contribution is -2.27. The van der Waals surface area contributed by atoms with E-state index in [2.05, 4.69) is 5.32 Å². The maximum atomic E-state index is 12.2. The van der Waals surface area contributed by atoms with Gasteiger partial charge in [0.15, 0.2) is 0 Å². The molecule has 0 aliphatic carbocycles. The summed E-state index contributed by atoms with van der Waals surface area (Å²) in [5.74, 6) is 0.902. The molecule has 1 amide bonds. The molecule has 3 rings (SSSR count). The van der Waals surface area contributed by atoms with Crippen LogP contribution < -0.4 is 10.1 Å². The molecule has 1 aliphatic rings. The van der Waals surface area contributed by atoms with Crippen LogP contribution in [0.15, 0.2) is 54.6 Å². The molecule has 1 N–H and O–H groups in total. The molecule has 0 bridgehead atoms. The van der Waals surface area contributed by atoms with Crippen molar-refractivity contribution in [1.82, 2.24) is 5.32 Å². The quantitative estimate of drug-likeness (QED) is 0.935. The summed E-state index contributed by atoms with van der Waals surface area (Å²) in [5.41, 5.74) is 2.19. The first kappa shape index (κ1) is 14.6. The number of amides is 1. The van der Waals surface area contributed by atoms with Crippen molar-refractivity contribution in [3.05, 3.63) is 65.7 Å². The highest BCUT2D eigenvalue weighted by Gasteiger charge is 2.22. The number of rotatable bonds is 4. The molecule has 1 heterocycles. The third kappa shape index (κ3) is 3.67. The minimum absolute atomic E-state index is 0.0530. The van der Waals surface area contributed by atoms with Gasteiger partial charge in [0.1, 0.15) is 12.4 Å². The Morgan fingerprint density at radius 3 is 2.77 bits per heavy atom. The lowest BCUT2D eigenvalue weighted by molar-refractivity contribution is -0.122. The molecule has 0 saturated carbocycles. The van der Waals surface area contributed by atoms with Crippen LogP contribution in [0.5, 0.6) is 5.75 Å². The average molecular weight is 295 g/mol. The second-order valence-corrected chi connectivity index (χ2v) is 5.69. The topological polar surface area (TPSA) is 38.3 Å². The van der Waals surface area contributed by atoms with E-state index >= 15 is 0 Å². The summed E-state index contributed by atoms with van der Waals surface area (Å²) in [6.45, 7) is 1.33. The van der Waals surface area contributed by atoms with E-state index in [4.69, 9.17) is 4.74 Å². The monoisotopic (exact) mass is 295 g/mol. The number of benzene rings is 2. The Hall–Kier alpha value is -2.29. The molecule has 3 heteroatoms. The molecule has 0 radical (unpaired) electrons. The number of nitrogens with one attached hydrogen (secondary N) is 1. The summed E-state index contributed by atoms with van der Waals surface area (Å²) in [6, 6.07) is 18.0. The average Bonchev–Trinajstić information content (AvgIpc) is 2.79. The van der Waals surface area contributed by atoms with E-state index in [0.29, 0.717) is 6.61 Å². The molecule has 3 nitrogen and oxygen atoms in total. The molecule has 0 aromatic heterocycles. The number of carbonyl (C=O) groups is 1. The fourth-order valence-electron chi connectivity index (χ4n) is 2.82. The van der Waals surface area contributed by atoms with Crippen LogP contribution in [0.2, 0.25) is 0 Å². The zero-order valence-corrected chi connectivity index (χ0v) is 12.6. The van der Waals surface area contributed by atoms with E-state index in [1.54, 1.807) is 0 Å². The summed E-state index contributed by atoms with van der Waals surface area (Å²) in [5, 5.41) is 2.99. The van der Waals surface area contributed by atoms with Gasteiger partial charge in [-0.05, 0) is 36.1 Å². The Morgan fingerprint density at radius 1 is 1.05 bits per heavy atom. The van der Waals surface area contributed by atoms with Gasteiger partial charge in [-0.15, -0.1) is 0 Å². The molecule has 22 heavy (non-hydrogen) atoms. The van der Waals surface area contributed by atoms with Crippen molar-refractivity contribution in [3.63, 3.8) is 0 Å². The van der Waals surface area contributed by atoms with Gasteiger partial charge < -0.3 is 10.1 Å². The molecule has 0 spiro atoms. The second kappa shape index (κ2) is 7.12. The van der Waals surface area contributed by atoms with Crippen LogP contribution in [0.3, 0.4) is 0 Å². The van der Waals surface area contributed by atoms with Crippen molar-refractivity contribution in [2.75, 3.05) is 6.54 Å². The first-order valence-corrected chi connectivity index (χ1v) is 7.87. The Kier molecular flexibility index (Phi) is 4.74. The van der Waals surface area contributed by atoms with Gasteiger partial charge in [0, 0.05) is 6.54 Å². The fourth-order valence-corrected chi connectivity index (χ4v) is 2.82. The maximum Gasteiger partial charge on any atom is 0.227 e. The Morgan fingerprint density at radius 2 is 1.91 bits per heavy atom. The van der Waals surface area contributed by atoms with Gasteiger partial charge in [-0.25, -0.2) is 0 Å². The van der Waals surface area contributed by atoms with Gasteiger partial charge in [0.25, 0.3) is 0 Å². The van der Waals surface area contributed by atoms with E-state index in [9.17, 15) is 4.79 Å². The number of carbonyl (C=O) groups excluding carboxylic acids is 1. The SMILES string of the molecule is O=C1NCCCC[C@H]1c1cccc(OCc2ccccc2)c1. The molecule has 1 atom stereocenters. The normalized spacial score (nSPS) is 18.4. The Labute approximate surface area is 131 Å². The number of hydrogen-bond acceptors (Lipinski definition) is 2. The van der Waals surface area contributed by atoms with Crippen LogP contribution in [-0.2, 0) is 11.4 Å². The Bertz CT molecular complexity index is 624. The highest BCUT2D eigenvalue weighted by atomic mass is 16.5. The molecule has 0 unspecified atom stereocenters. The van der Waals surface area contributed by atoms with Crippen molar-refractivity contribution in [1.29, 1.82) is 0 Å². The molecule has 2 aromatic rings. The van der Waals surface area contributed by atoms with E-state index in [0.717, 1.165) is 42.7 Å². The minimum Gasteiger partial charge on any atom is -0.489 e. The van der Waals surface area contributed by atoms with E-state index in [1.165, 1.54) is 0 Å². The van der Waals surface area contributed by atoms with Crippen molar-refractivity contribution >= 4 is 5.91 Å². The smallest absolute Gasteiger partial charge is 0.227 e. The van der Waals surface area contributed by atoms with Crippen LogP contribution >= 0.6 is 0 Å². The lowest BCUT2D eigenvalue weighted by Gasteiger charge is -2.15. The Balaban J connectivity index is 1.70. The van der Waals surface area contributed by atoms with Gasteiger partial charge in [0.2, 0.25) is 5.91 Å². The molecule has 1 aliphatic heterocycles. The molecule has 114 valence electrons. The summed E-state index contributed by atoms with van der Waals surface area (Å²) in [4.78, 5) is 12.2. The van der Waals surface area contributed by atoms with Crippen LogP contribution in [0.4, 0.5) is 0 Å². The van der Waals surface area contributed by atoms with Gasteiger partial charge in [-0.3, -0.25) is 4.79 Å². The predicted octanol–water partition coefficient (Wildman–Crippen LogP) is 3.65. The molecule has 1 saturated heterocycles. The van der Waals surface area contributed by atoms with Crippen molar-refractivity contribution in [2.45, 2.75) is 31.8 Å². The summed E-state index contributed by atoms with van der Waals surface area (Å²) in [6.07, 6.45) is 3.05. The highest BCUT2D eigenvalue weighted by molar-refractivity contribution is 5.83. The van der Waals surface area contributed by atoms with E-state index in [1.807, 2.05) is 54.6 Å². The third-order valence-corrected chi connectivity index (χ3v) is 4.04. The van der Waals surface area contributed by atoms with E-state index in [-0.39, 0.29) is 11.8 Å². The molecular formula is C19H21NO2. The summed E-state index contributed by atoms with van der Waals surface area (Å²) < 4.78 is 5.86. The number of hydrogen-bond donors (Lipinski definition) is 1. The van der Waals surface area contributed by atoms with Crippen molar-refractivity contribution < 1.29 is 9.53 Å². The van der Waals surface area contributed by atoms with E-state index < -0.39 is 0 Å². The largest absolute Gasteiger partial charge is 0.489 e. The summed E-state index contributed by atoms with van der Waals surface area (Å²) in [7, 11) is 0. The van der Waals surface area contributed by atoms with Gasteiger partial charge >= 0.3 is 0 Å². The second-order valence-electron chi connectivity index (χ2n) is 5.69. The zero-order valence-electron chi connectivity index (χ0n) is 12.6. The molecule has 1 fully saturated rings. The first-order valence-electron chi connectivity index (χ1n) is 7.87. The number of ether oxygens (including phenoxy) is 1.